The highest BCUT2D eigenvalue weighted by molar-refractivity contribution is 9.10. The van der Waals surface area contributed by atoms with E-state index >= 15 is 0 Å². The number of alkyl halides is 3. The molecule has 2 aromatic carbocycles. The van der Waals surface area contributed by atoms with Crippen molar-refractivity contribution in [2.24, 2.45) is 0 Å². The first-order chi connectivity index (χ1) is 15.6. The van der Waals surface area contributed by atoms with Gasteiger partial charge in [-0.1, -0.05) is 46.6 Å². The monoisotopic (exact) mass is 537 g/mol. The summed E-state index contributed by atoms with van der Waals surface area (Å²) >= 11 is 9.41. The number of carbonyl (C=O) groups excluding carboxylic acids is 1. The molecule has 0 saturated carbocycles. The van der Waals surface area contributed by atoms with E-state index in [-0.39, 0.29) is 16.4 Å². The highest BCUT2D eigenvalue weighted by Crippen LogP contribution is 2.34. The fraction of sp³-hybridized carbons (Fsp3) is 0.182. The number of hydrogen-bond donors (Lipinski definition) is 1. The Hall–Kier alpha value is -2.98. The van der Waals surface area contributed by atoms with Gasteiger partial charge in [-0.3, -0.25) is 4.79 Å². The van der Waals surface area contributed by atoms with E-state index in [0.717, 1.165) is 39.5 Å². The van der Waals surface area contributed by atoms with E-state index in [9.17, 15) is 18.0 Å². The molecule has 0 bridgehead atoms. The number of fused-ring (bicyclic) bond motifs is 1. The number of rotatable bonds is 4. The molecule has 170 valence electrons. The molecule has 0 fully saturated rings. The van der Waals surface area contributed by atoms with E-state index in [1.54, 1.807) is 6.92 Å². The fourth-order valence-electron chi connectivity index (χ4n) is 3.40. The van der Waals surface area contributed by atoms with E-state index < -0.39 is 17.6 Å². The lowest BCUT2D eigenvalue weighted by Gasteiger charge is -2.12. The van der Waals surface area contributed by atoms with Gasteiger partial charge >= 0.3 is 6.18 Å². The number of anilines is 1. The Morgan fingerprint density at radius 1 is 1.15 bits per heavy atom. The second-order valence-electron chi connectivity index (χ2n) is 7.20. The highest BCUT2D eigenvalue weighted by Gasteiger charge is 2.31. The largest absolute Gasteiger partial charge is 0.416 e. The summed E-state index contributed by atoms with van der Waals surface area (Å²) in [6.07, 6.45) is -3.96. The van der Waals surface area contributed by atoms with Crippen LogP contribution in [0.3, 0.4) is 0 Å². The molecule has 0 aliphatic carbocycles. The zero-order valence-electron chi connectivity index (χ0n) is 17.3. The Bertz CT molecular complexity index is 1370. The Balaban J connectivity index is 1.75. The fourth-order valence-corrected chi connectivity index (χ4v) is 3.83. The molecular formula is C22H16BrClF3N5O. The van der Waals surface area contributed by atoms with Crippen LogP contribution in [0.5, 0.6) is 0 Å². The second-order valence-corrected chi connectivity index (χ2v) is 8.52. The number of nitrogens with zero attached hydrogens (tertiary/aromatic N) is 4. The molecule has 0 aliphatic rings. The highest BCUT2D eigenvalue weighted by atomic mass is 79.9. The molecule has 0 unspecified atom stereocenters. The van der Waals surface area contributed by atoms with Crippen molar-refractivity contribution in [2.45, 2.75) is 26.4 Å². The summed E-state index contributed by atoms with van der Waals surface area (Å²) in [7, 11) is 0. The third-order valence-electron chi connectivity index (χ3n) is 5.06. The van der Waals surface area contributed by atoms with Gasteiger partial charge in [-0.25, -0.2) is 4.52 Å². The van der Waals surface area contributed by atoms with E-state index in [1.165, 1.54) is 4.52 Å². The topological polar surface area (TPSA) is 72.2 Å². The molecule has 2 heterocycles. The van der Waals surface area contributed by atoms with Crippen LogP contribution in [-0.4, -0.2) is 25.7 Å². The number of carbonyl (C=O) groups is 1. The van der Waals surface area contributed by atoms with Crippen LogP contribution in [0.25, 0.3) is 16.8 Å². The number of halogens is 5. The summed E-state index contributed by atoms with van der Waals surface area (Å²) < 4.78 is 41.6. The third kappa shape index (κ3) is 4.45. The first kappa shape index (κ1) is 23.2. The minimum absolute atomic E-state index is 0.0343. The van der Waals surface area contributed by atoms with Gasteiger partial charge in [-0.15, -0.1) is 10.2 Å². The minimum Gasteiger partial charge on any atom is -0.319 e. The van der Waals surface area contributed by atoms with Gasteiger partial charge in [0.25, 0.3) is 5.91 Å². The third-order valence-corrected chi connectivity index (χ3v) is 5.92. The van der Waals surface area contributed by atoms with Gasteiger partial charge in [-0.05, 0) is 49.2 Å². The Morgan fingerprint density at radius 3 is 2.48 bits per heavy atom. The molecule has 1 N–H and O–H groups in total. The van der Waals surface area contributed by atoms with Gasteiger partial charge < -0.3 is 5.32 Å². The lowest BCUT2D eigenvalue weighted by molar-refractivity contribution is -0.137. The standard InChI is InChI=1S/C22H16BrClF3N5O/c1-3-16-18(12-4-7-14(23)8-5-12)20-30-29-19(11(2)32(20)31-16)21(33)28-17-10-13(22(25,26)27)6-9-15(17)24/h4-10H,3H2,1-2H3,(H,28,33). The van der Waals surface area contributed by atoms with Crippen molar-refractivity contribution in [1.29, 1.82) is 0 Å². The van der Waals surface area contributed by atoms with Crippen LogP contribution < -0.4 is 5.32 Å². The van der Waals surface area contributed by atoms with Crippen molar-refractivity contribution >= 4 is 44.8 Å². The van der Waals surface area contributed by atoms with Gasteiger partial charge in [0.1, 0.15) is 0 Å². The summed E-state index contributed by atoms with van der Waals surface area (Å²) in [4.78, 5) is 12.9. The summed E-state index contributed by atoms with van der Waals surface area (Å²) in [5, 5.41) is 15.2. The second kappa shape index (κ2) is 8.75. The van der Waals surface area contributed by atoms with Crippen molar-refractivity contribution in [1.82, 2.24) is 19.8 Å². The first-order valence-corrected chi connectivity index (χ1v) is 11.0. The molecule has 1 amide bonds. The predicted molar refractivity (Wildman–Crippen MR) is 122 cm³/mol. The smallest absolute Gasteiger partial charge is 0.319 e. The first-order valence-electron chi connectivity index (χ1n) is 9.79. The number of hydrogen-bond acceptors (Lipinski definition) is 4. The lowest BCUT2D eigenvalue weighted by Crippen LogP contribution is -2.19. The van der Waals surface area contributed by atoms with Gasteiger partial charge in [0.05, 0.1) is 33.2 Å². The molecule has 6 nitrogen and oxygen atoms in total. The summed E-state index contributed by atoms with van der Waals surface area (Å²) in [6, 6.07) is 10.3. The van der Waals surface area contributed by atoms with Crippen molar-refractivity contribution in [3.63, 3.8) is 0 Å². The molecule has 0 aliphatic heterocycles. The zero-order chi connectivity index (χ0) is 23.9. The average molecular weight is 539 g/mol. The van der Waals surface area contributed by atoms with Crippen molar-refractivity contribution in [2.75, 3.05) is 5.32 Å². The Labute approximate surface area is 199 Å². The zero-order valence-corrected chi connectivity index (χ0v) is 19.7. The summed E-state index contributed by atoms with van der Waals surface area (Å²) in [5.41, 5.74) is 2.14. The number of aromatic nitrogens is 4. The molecule has 2 aromatic heterocycles. The summed E-state index contributed by atoms with van der Waals surface area (Å²) in [6.45, 7) is 3.60. The van der Waals surface area contributed by atoms with Crippen LogP contribution >= 0.6 is 27.5 Å². The number of amides is 1. The minimum atomic E-state index is -4.58. The van der Waals surface area contributed by atoms with Crippen LogP contribution in [0.4, 0.5) is 18.9 Å². The molecule has 4 aromatic rings. The van der Waals surface area contributed by atoms with Crippen LogP contribution in [-0.2, 0) is 12.6 Å². The van der Waals surface area contributed by atoms with Gasteiger partial charge in [0.2, 0.25) is 0 Å². The molecule has 4 rings (SSSR count). The SMILES string of the molecule is CCc1nn2c(C)c(C(=O)Nc3cc(C(F)(F)F)ccc3Cl)nnc2c1-c1ccc(Br)cc1. The van der Waals surface area contributed by atoms with Crippen molar-refractivity contribution in [3.8, 4) is 11.1 Å². The van der Waals surface area contributed by atoms with Crippen LogP contribution in [0.1, 0.15) is 34.4 Å². The molecular weight excluding hydrogens is 523 g/mol. The molecule has 0 radical (unpaired) electrons. The van der Waals surface area contributed by atoms with E-state index in [2.05, 4.69) is 36.5 Å². The molecule has 11 heteroatoms. The van der Waals surface area contributed by atoms with Crippen LogP contribution in [0.2, 0.25) is 5.02 Å². The Kier molecular flexibility index (Phi) is 6.15. The lowest BCUT2D eigenvalue weighted by atomic mass is 10.0. The van der Waals surface area contributed by atoms with Crippen LogP contribution in [0, 0.1) is 6.92 Å². The van der Waals surface area contributed by atoms with Crippen LogP contribution in [0.15, 0.2) is 46.9 Å². The molecule has 0 spiro atoms. The predicted octanol–water partition coefficient (Wildman–Crippen LogP) is 6.35. The van der Waals surface area contributed by atoms with Crippen molar-refractivity contribution in [3.05, 3.63) is 74.6 Å². The van der Waals surface area contributed by atoms with Crippen molar-refractivity contribution < 1.29 is 18.0 Å². The number of nitrogens with one attached hydrogen (secondary N) is 1. The molecule has 33 heavy (non-hydrogen) atoms. The Morgan fingerprint density at radius 2 is 1.85 bits per heavy atom. The van der Waals surface area contributed by atoms with E-state index in [1.807, 2.05) is 31.2 Å². The van der Waals surface area contributed by atoms with E-state index in [4.69, 9.17) is 11.6 Å². The number of benzene rings is 2. The van der Waals surface area contributed by atoms with Gasteiger partial charge in [-0.2, -0.15) is 18.3 Å². The maximum Gasteiger partial charge on any atom is 0.416 e. The van der Waals surface area contributed by atoms with Gasteiger partial charge in [0, 0.05) is 4.47 Å². The molecule has 0 atom stereocenters. The molecule has 0 saturated heterocycles. The average Bonchev–Trinajstić information content (AvgIpc) is 3.15. The normalized spacial score (nSPS) is 11.7. The maximum atomic E-state index is 13.0. The van der Waals surface area contributed by atoms with Gasteiger partial charge in [0.15, 0.2) is 11.3 Å². The summed E-state index contributed by atoms with van der Waals surface area (Å²) in [5.74, 6) is -0.748. The number of aryl methyl sites for hydroxylation is 2. The maximum absolute atomic E-state index is 13.0. The van der Waals surface area contributed by atoms with E-state index in [0.29, 0.717) is 17.8 Å². The quantitative estimate of drug-likeness (QED) is 0.329.